The first-order valence-corrected chi connectivity index (χ1v) is 7.12. The standard InChI is InChI=1S/C14H18N6O2/c1-9-13(17-8-16-9)14(22)19-6-10-3-4-18-20(10)11(7-19)5-12(21)15-2/h3-4,8,11H,5-7H2,1-2H3,(H,15,21)(H,16,17). The van der Waals surface area contributed by atoms with Gasteiger partial charge in [0, 0.05) is 25.5 Å². The molecule has 116 valence electrons. The predicted octanol–water partition coefficient (Wildman–Crippen LogP) is 0.248. The lowest BCUT2D eigenvalue weighted by atomic mass is 10.1. The molecular weight excluding hydrogens is 284 g/mol. The smallest absolute Gasteiger partial charge is 0.274 e. The van der Waals surface area contributed by atoms with E-state index in [0.29, 0.717) is 18.8 Å². The first-order valence-electron chi connectivity index (χ1n) is 7.12. The summed E-state index contributed by atoms with van der Waals surface area (Å²) in [5.41, 5.74) is 2.08. The molecule has 0 aliphatic carbocycles. The van der Waals surface area contributed by atoms with E-state index >= 15 is 0 Å². The molecule has 2 aromatic heterocycles. The van der Waals surface area contributed by atoms with Crippen LogP contribution in [0.15, 0.2) is 18.6 Å². The van der Waals surface area contributed by atoms with Crippen molar-refractivity contribution in [2.75, 3.05) is 13.6 Å². The molecule has 2 amide bonds. The summed E-state index contributed by atoms with van der Waals surface area (Å²) in [7, 11) is 1.60. The van der Waals surface area contributed by atoms with E-state index < -0.39 is 0 Å². The van der Waals surface area contributed by atoms with Gasteiger partial charge in [-0.1, -0.05) is 0 Å². The molecule has 0 spiro atoms. The number of amides is 2. The summed E-state index contributed by atoms with van der Waals surface area (Å²) in [6.07, 6.45) is 3.49. The van der Waals surface area contributed by atoms with Gasteiger partial charge in [0.1, 0.15) is 5.69 Å². The van der Waals surface area contributed by atoms with Gasteiger partial charge in [0.2, 0.25) is 5.91 Å². The van der Waals surface area contributed by atoms with Gasteiger partial charge in [-0.05, 0) is 13.0 Å². The first-order chi connectivity index (χ1) is 10.6. The van der Waals surface area contributed by atoms with Crippen molar-refractivity contribution < 1.29 is 9.59 Å². The van der Waals surface area contributed by atoms with Crippen LogP contribution >= 0.6 is 0 Å². The molecular formula is C14H18N6O2. The van der Waals surface area contributed by atoms with E-state index in [1.807, 2.05) is 17.7 Å². The summed E-state index contributed by atoms with van der Waals surface area (Å²) in [4.78, 5) is 33.0. The summed E-state index contributed by atoms with van der Waals surface area (Å²) in [5.74, 6) is -0.204. The Morgan fingerprint density at radius 1 is 1.50 bits per heavy atom. The molecule has 1 aliphatic rings. The van der Waals surface area contributed by atoms with Crippen LogP contribution in [-0.2, 0) is 11.3 Å². The highest BCUT2D eigenvalue weighted by Crippen LogP contribution is 2.24. The maximum atomic E-state index is 12.6. The Labute approximate surface area is 127 Å². The normalized spacial score (nSPS) is 17.2. The summed E-state index contributed by atoms with van der Waals surface area (Å²) in [5, 5.41) is 6.89. The largest absolute Gasteiger partial charge is 0.359 e. The predicted molar refractivity (Wildman–Crippen MR) is 78.0 cm³/mol. The van der Waals surface area contributed by atoms with Crippen LogP contribution in [0.3, 0.4) is 0 Å². The van der Waals surface area contributed by atoms with Crippen molar-refractivity contribution in [3.63, 3.8) is 0 Å². The van der Waals surface area contributed by atoms with Crippen molar-refractivity contribution in [3.8, 4) is 0 Å². The Balaban J connectivity index is 1.85. The third-order valence-corrected chi connectivity index (χ3v) is 3.90. The van der Waals surface area contributed by atoms with E-state index in [9.17, 15) is 9.59 Å². The van der Waals surface area contributed by atoms with Crippen molar-refractivity contribution in [2.45, 2.75) is 25.9 Å². The number of hydrogen-bond donors (Lipinski definition) is 2. The highest BCUT2D eigenvalue weighted by atomic mass is 16.2. The number of imidazole rings is 1. The lowest BCUT2D eigenvalue weighted by Gasteiger charge is -2.33. The molecule has 0 saturated carbocycles. The number of rotatable bonds is 3. The van der Waals surface area contributed by atoms with E-state index in [2.05, 4.69) is 20.4 Å². The number of aromatic amines is 1. The fourth-order valence-electron chi connectivity index (χ4n) is 2.73. The van der Waals surface area contributed by atoms with E-state index in [1.165, 1.54) is 6.33 Å². The molecule has 1 aliphatic heterocycles. The lowest BCUT2D eigenvalue weighted by Crippen LogP contribution is -2.43. The molecule has 0 radical (unpaired) electrons. The third kappa shape index (κ3) is 2.47. The molecule has 0 fully saturated rings. The van der Waals surface area contributed by atoms with Crippen LogP contribution in [0.2, 0.25) is 0 Å². The second-order valence-corrected chi connectivity index (χ2v) is 5.36. The van der Waals surface area contributed by atoms with Crippen LogP contribution in [0.25, 0.3) is 0 Å². The molecule has 8 heteroatoms. The average Bonchev–Trinajstić information content (AvgIpc) is 3.14. The van der Waals surface area contributed by atoms with Gasteiger partial charge in [0.25, 0.3) is 5.91 Å². The lowest BCUT2D eigenvalue weighted by molar-refractivity contribution is -0.121. The number of H-pyrrole nitrogens is 1. The summed E-state index contributed by atoms with van der Waals surface area (Å²) in [6.45, 7) is 2.72. The minimum Gasteiger partial charge on any atom is -0.359 e. The van der Waals surface area contributed by atoms with E-state index in [0.717, 1.165) is 11.4 Å². The van der Waals surface area contributed by atoms with Gasteiger partial charge in [-0.3, -0.25) is 14.3 Å². The van der Waals surface area contributed by atoms with Crippen LogP contribution in [0, 0.1) is 6.92 Å². The average molecular weight is 302 g/mol. The van der Waals surface area contributed by atoms with Gasteiger partial charge in [-0.2, -0.15) is 5.10 Å². The minimum atomic E-state index is -0.165. The number of hydrogen-bond acceptors (Lipinski definition) is 4. The van der Waals surface area contributed by atoms with E-state index in [1.54, 1.807) is 18.1 Å². The highest BCUT2D eigenvalue weighted by Gasteiger charge is 2.31. The van der Waals surface area contributed by atoms with E-state index in [-0.39, 0.29) is 24.3 Å². The fraction of sp³-hybridized carbons (Fsp3) is 0.429. The van der Waals surface area contributed by atoms with Crippen LogP contribution in [0.1, 0.15) is 34.3 Å². The maximum absolute atomic E-state index is 12.6. The Bertz CT molecular complexity index is 704. The molecule has 2 aromatic rings. The topological polar surface area (TPSA) is 95.9 Å². The molecule has 0 saturated heterocycles. The molecule has 0 aromatic carbocycles. The van der Waals surface area contributed by atoms with Gasteiger partial charge >= 0.3 is 0 Å². The first kappa shape index (κ1) is 14.3. The molecule has 1 unspecified atom stereocenters. The maximum Gasteiger partial charge on any atom is 0.274 e. The zero-order valence-corrected chi connectivity index (χ0v) is 12.5. The van der Waals surface area contributed by atoms with Gasteiger partial charge in [-0.15, -0.1) is 0 Å². The van der Waals surface area contributed by atoms with Crippen LogP contribution in [0.4, 0.5) is 0 Å². The van der Waals surface area contributed by atoms with Crippen LogP contribution in [-0.4, -0.2) is 50.1 Å². The van der Waals surface area contributed by atoms with Gasteiger partial charge < -0.3 is 15.2 Å². The molecule has 0 bridgehead atoms. The second kappa shape index (κ2) is 5.63. The number of carbonyl (C=O) groups is 2. The number of aryl methyl sites for hydroxylation is 1. The van der Waals surface area contributed by atoms with Gasteiger partial charge in [-0.25, -0.2) is 4.98 Å². The van der Waals surface area contributed by atoms with Crippen LogP contribution < -0.4 is 5.32 Å². The zero-order chi connectivity index (χ0) is 15.7. The Kier molecular flexibility index (Phi) is 3.66. The molecule has 22 heavy (non-hydrogen) atoms. The fourth-order valence-corrected chi connectivity index (χ4v) is 2.73. The SMILES string of the molecule is CNC(=O)CC1CN(C(=O)c2nc[nH]c2C)Cc2ccnn21. The molecule has 1 atom stereocenters. The van der Waals surface area contributed by atoms with E-state index in [4.69, 9.17) is 0 Å². The number of fused-ring (bicyclic) bond motifs is 1. The third-order valence-electron chi connectivity index (χ3n) is 3.90. The zero-order valence-electron chi connectivity index (χ0n) is 12.5. The number of nitrogens with zero attached hydrogens (tertiary/aromatic N) is 4. The number of nitrogens with one attached hydrogen (secondary N) is 2. The van der Waals surface area contributed by atoms with Crippen molar-refractivity contribution in [1.29, 1.82) is 0 Å². The monoisotopic (exact) mass is 302 g/mol. The molecule has 2 N–H and O–H groups in total. The number of aromatic nitrogens is 4. The Morgan fingerprint density at radius 3 is 3.00 bits per heavy atom. The summed E-state index contributed by atoms with van der Waals surface area (Å²) in [6, 6.07) is 1.70. The molecule has 3 heterocycles. The van der Waals surface area contributed by atoms with Crippen molar-refractivity contribution in [2.24, 2.45) is 0 Å². The Hall–Kier alpha value is -2.64. The van der Waals surface area contributed by atoms with Crippen LogP contribution in [0.5, 0.6) is 0 Å². The van der Waals surface area contributed by atoms with Crippen molar-refractivity contribution >= 4 is 11.8 Å². The summed E-state index contributed by atoms with van der Waals surface area (Å²) >= 11 is 0. The molecule has 8 nitrogen and oxygen atoms in total. The summed E-state index contributed by atoms with van der Waals surface area (Å²) < 4.78 is 1.83. The highest BCUT2D eigenvalue weighted by molar-refractivity contribution is 5.93. The minimum absolute atomic E-state index is 0.0725. The van der Waals surface area contributed by atoms with Gasteiger partial charge in [0.15, 0.2) is 0 Å². The quantitative estimate of drug-likeness (QED) is 0.849. The van der Waals surface area contributed by atoms with Crippen molar-refractivity contribution in [3.05, 3.63) is 35.7 Å². The Morgan fingerprint density at radius 2 is 2.32 bits per heavy atom. The second-order valence-electron chi connectivity index (χ2n) is 5.36. The number of carbonyl (C=O) groups excluding carboxylic acids is 2. The molecule has 3 rings (SSSR count). The van der Waals surface area contributed by atoms with Crippen molar-refractivity contribution in [1.82, 2.24) is 30.0 Å². The van der Waals surface area contributed by atoms with Gasteiger partial charge in [0.05, 0.1) is 31.0 Å².